The molecule has 3 aromatic rings. The lowest BCUT2D eigenvalue weighted by atomic mass is 9.99. The lowest BCUT2D eigenvalue weighted by Crippen LogP contribution is -2.11. The van der Waals surface area contributed by atoms with Crippen molar-refractivity contribution >= 4 is 28.5 Å². The van der Waals surface area contributed by atoms with Gasteiger partial charge in [-0.2, -0.15) is 0 Å². The Morgan fingerprint density at radius 2 is 1.96 bits per heavy atom. The summed E-state index contributed by atoms with van der Waals surface area (Å²) in [4.78, 5) is 12.4. The average molecular weight is 370 g/mol. The van der Waals surface area contributed by atoms with Gasteiger partial charge in [-0.05, 0) is 36.1 Å². The first-order valence-corrected chi connectivity index (χ1v) is 9.02. The van der Waals surface area contributed by atoms with Gasteiger partial charge >= 0.3 is 5.97 Å². The van der Waals surface area contributed by atoms with E-state index in [4.69, 9.17) is 21.1 Å². The molecule has 5 heteroatoms. The summed E-state index contributed by atoms with van der Waals surface area (Å²) in [7, 11) is 3.08. The molecule has 1 aliphatic rings. The van der Waals surface area contributed by atoms with Gasteiger partial charge in [0.15, 0.2) is 0 Å². The van der Waals surface area contributed by atoms with Crippen LogP contribution in [0.25, 0.3) is 10.9 Å². The largest absolute Gasteiger partial charge is 0.496 e. The summed E-state index contributed by atoms with van der Waals surface area (Å²) in [5.41, 5.74) is 4.26. The summed E-state index contributed by atoms with van der Waals surface area (Å²) in [6.45, 7) is 0.702. The van der Waals surface area contributed by atoms with Crippen molar-refractivity contribution < 1.29 is 14.3 Å². The molecule has 1 aliphatic carbocycles. The quantitative estimate of drug-likeness (QED) is 0.633. The van der Waals surface area contributed by atoms with Gasteiger partial charge in [0.25, 0.3) is 0 Å². The van der Waals surface area contributed by atoms with E-state index < -0.39 is 0 Å². The van der Waals surface area contributed by atoms with Crippen LogP contribution in [-0.4, -0.2) is 24.8 Å². The van der Waals surface area contributed by atoms with E-state index in [-0.39, 0.29) is 11.9 Å². The van der Waals surface area contributed by atoms with E-state index in [1.54, 1.807) is 7.11 Å². The highest BCUT2D eigenvalue weighted by atomic mass is 35.5. The number of hydrogen-bond donors (Lipinski definition) is 0. The molecule has 4 nitrogen and oxygen atoms in total. The van der Waals surface area contributed by atoms with Crippen molar-refractivity contribution in [2.45, 2.75) is 25.3 Å². The predicted octanol–water partition coefficient (Wildman–Crippen LogP) is 4.55. The van der Waals surface area contributed by atoms with E-state index in [0.29, 0.717) is 11.6 Å². The smallest absolute Gasteiger partial charge is 0.313 e. The summed E-state index contributed by atoms with van der Waals surface area (Å²) in [6.07, 6.45) is 1.56. The van der Waals surface area contributed by atoms with E-state index in [9.17, 15) is 4.79 Å². The van der Waals surface area contributed by atoms with Crippen molar-refractivity contribution in [3.63, 3.8) is 0 Å². The van der Waals surface area contributed by atoms with Gasteiger partial charge in [-0.1, -0.05) is 41.9 Å². The highest BCUT2D eigenvalue weighted by Gasteiger charge is 2.36. The number of rotatable bonds is 4. The molecule has 1 unspecified atom stereocenters. The number of nitrogens with zero attached hydrogens (tertiary/aromatic N) is 1. The van der Waals surface area contributed by atoms with Gasteiger partial charge < -0.3 is 14.0 Å². The number of fused-ring (bicyclic) bond motifs is 3. The summed E-state index contributed by atoms with van der Waals surface area (Å²) < 4.78 is 12.9. The zero-order valence-electron chi connectivity index (χ0n) is 14.8. The maximum absolute atomic E-state index is 12.4. The Labute approximate surface area is 157 Å². The molecule has 0 spiro atoms. The Bertz CT molecular complexity index is 978. The van der Waals surface area contributed by atoms with Crippen LogP contribution in [0.15, 0.2) is 42.5 Å². The van der Waals surface area contributed by atoms with Crippen LogP contribution >= 0.6 is 11.6 Å². The van der Waals surface area contributed by atoms with Crippen LogP contribution in [0.3, 0.4) is 0 Å². The first-order valence-electron chi connectivity index (χ1n) is 8.65. The third-order valence-electron chi connectivity index (χ3n) is 5.17. The van der Waals surface area contributed by atoms with Crippen LogP contribution in [0.5, 0.6) is 5.75 Å². The Morgan fingerprint density at radius 1 is 1.19 bits per heavy atom. The second-order valence-corrected chi connectivity index (χ2v) is 6.93. The Kier molecular flexibility index (Phi) is 4.37. The first kappa shape index (κ1) is 17.0. The van der Waals surface area contributed by atoms with Crippen molar-refractivity contribution in [3.8, 4) is 5.75 Å². The molecule has 0 amide bonds. The van der Waals surface area contributed by atoms with Crippen LogP contribution in [0.2, 0.25) is 5.02 Å². The summed E-state index contributed by atoms with van der Waals surface area (Å²) >= 11 is 6.59. The Hall–Kier alpha value is -2.46. The topological polar surface area (TPSA) is 40.5 Å². The number of hydrogen-bond acceptors (Lipinski definition) is 3. The van der Waals surface area contributed by atoms with Crippen molar-refractivity contribution in [2.24, 2.45) is 0 Å². The Balaban J connectivity index is 1.99. The molecule has 4 rings (SSSR count). The number of methoxy groups -OCH3 is 2. The molecule has 0 saturated carbocycles. The summed E-state index contributed by atoms with van der Waals surface area (Å²) in [5, 5.41) is 1.59. The predicted molar refractivity (Wildman–Crippen MR) is 102 cm³/mol. The van der Waals surface area contributed by atoms with E-state index in [0.717, 1.165) is 40.8 Å². The summed E-state index contributed by atoms with van der Waals surface area (Å²) in [5.74, 6) is 0.259. The lowest BCUT2D eigenvalue weighted by molar-refractivity contribution is -0.142. The molecule has 26 heavy (non-hydrogen) atoms. The fraction of sp³-hybridized carbons (Fsp3) is 0.286. The minimum atomic E-state index is -0.276. The highest BCUT2D eigenvalue weighted by Crippen LogP contribution is 2.46. The molecule has 0 bridgehead atoms. The van der Waals surface area contributed by atoms with Crippen LogP contribution in [0.4, 0.5) is 0 Å². The van der Waals surface area contributed by atoms with Crippen molar-refractivity contribution in [3.05, 3.63) is 64.3 Å². The number of benzene rings is 2. The van der Waals surface area contributed by atoms with E-state index in [2.05, 4.69) is 16.7 Å². The van der Waals surface area contributed by atoms with Crippen molar-refractivity contribution in [1.29, 1.82) is 0 Å². The van der Waals surface area contributed by atoms with Crippen LogP contribution in [-0.2, 0) is 22.5 Å². The Morgan fingerprint density at radius 3 is 2.65 bits per heavy atom. The molecule has 1 aromatic heterocycles. The second-order valence-electron chi connectivity index (χ2n) is 6.52. The zero-order chi connectivity index (χ0) is 18.3. The maximum Gasteiger partial charge on any atom is 0.313 e. The van der Waals surface area contributed by atoms with Gasteiger partial charge in [-0.15, -0.1) is 0 Å². The normalized spacial score (nSPS) is 15.9. The molecule has 1 heterocycles. The van der Waals surface area contributed by atoms with E-state index in [1.807, 2.05) is 30.3 Å². The standard InChI is InChI=1S/C21H20ClNO3/c1-25-17-11-9-15(22)20-19(17)18-14(21(24)26-2)8-10-16(18)23(20)12-13-6-4-3-5-7-13/h3-7,9,11,14H,8,10,12H2,1-2H3. The second kappa shape index (κ2) is 6.69. The molecular weight excluding hydrogens is 350 g/mol. The maximum atomic E-state index is 12.4. The average Bonchev–Trinajstić information content (AvgIpc) is 3.23. The monoisotopic (exact) mass is 369 g/mol. The molecule has 1 atom stereocenters. The molecule has 0 fully saturated rings. The van der Waals surface area contributed by atoms with Crippen LogP contribution in [0.1, 0.15) is 29.2 Å². The van der Waals surface area contributed by atoms with Gasteiger partial charge in [0.1, 0.15) is 5.75 Å². The minimum Gasteiger partial charge on any atom is -0.496 e. The molecule has 0 saturated heterocycles. The van der Waals surface area contributed by atoms with Crippen molar-refractivity contribution in [1.82, 2.24) is 4.57 Å². The molecule has 0 N–H and O–H groups in total. The molecule has 134 valence electrons. The molecule has 0 aliphatic heterocycles. The van der Waals surface area contributed by atoms with Crippen molar-refractivity contribution in [2.75, 3.05) is 14.2 Å². The number of carbonyl (C=O) groups is 1. The minimum absolute atomic E-state index is 0.204. The highest BCUT2D eigenvalue weighted by molar-refractivity contribution is 6.35. The first-order chi connectivity index (χ1) is 12.7. The zero-order valence-corrected chi connectivity index (χ0v) is 15.5. The number of halogens is 1. The lowest BCUT2D eigenvalue weighted by Gasteiger charge is -2.12. The third-order valence-corrected chi connectivity index (χ3v) is 5.48. The summed E-state index contributed by atoms with van der Waals surface area (Å²) in [6, 6.07) is 14.0. The third kappa shape index (κ3) is 2.56. The molecule has 0 radical (unpaired) electrons. The van der Waals surface area contributed by atoms with Gasteiger partial charge in [0.2, 0.25) is 0 Å². The van der Waals surface area contributed by atoms with E-state index >= 15 is 0 Å². The SMILES string of the molecule is COC(=O)C1CCc2c1c1c(OC)ccc(Cl)c1n2Cc1ccccc1. The van der Waals surface area contributed by atoms with Gasteiger partial charge in [0.05, 0.1) is 30.7 Å². The number of esters is 1. The van der Waals surface area contributed by atoms with Gasteiger partial charge in [0, 0.05) is 17.6 Å². The molecule has 2 aromatic carbocycles. The number of ether oxygens (including phenoxy) is 2. The van der Waals surface area contributed by atoms with Gasteiger partial charge in [-0.3, -0.25) is 4.79 Å². The van der Waals surface area contributed by atoms with Gasteiger partial charge in [-0.25, -0.2) is 0 Å². The van der Waals surface area contributed by atoms with Crippen LogP contribution in [0, 0.1) is 0 Å². The van der Waals surface area contributed by atoms with Crippen LogP contribution < -0.4 is 4.74 Å². The molecular formula is C21H20ClNO3. The van der Waals surface area contributed by atoms with E-state index in [1.165, 1.54) is 12.7 Å². The fourth-order valence-corrected chi connectivity index (χ4v) is 4.31. The fourth-order valence-electron chi connectivity index (χ4n) is 4.05. The number of aromatic nitrogens is 1. The number of carbonyl (C=O) groups excluding carboxylic acids is 1.